The summed E-state index contributed by atoms with van der Waals surface area (Å²) < 4.78 is 0. The van der Waals surface area contributed by atoms with Gasteiger partial charge in [0.2, 0.25) is 0 Å². The molecule has 21 heavy (non-hydrogen) atoms. The molecule has 0 N–H and O–H groups in total. The Bertz CT molecular complexity index is 436. The van der Waals surface area contributed by atoms with E-state index in [9.17, 15) is 0 Å². The maximum Gasteiger partial charge on any atom is 0.0451 e. The molecule has 1 fully saturated rings. The topological polar surface area (TPSA) is 9.72 Å². The van der Waals surface area contributed by atoms with E-state index in [1.54, 1.807) is 0 Å². The van der Waals surface area contributed by atoms with E-state index in [1.165, 1.54) is 24.9 Å². The molecule has 118 valence electrons. The van der Waals surface area contributed by atoms with Crippen LogP contribution >= 0.6 is 11.6 Å². The summed E-state index contributed by atoms with van der Waals surface area (Å²) in [6, 6.07) is 8.87. The summed E-state index contributed by atoms with van der Waals surface area (Å²) >= 11 is 6.28. The lowest BCUT2D eigenvalue weighted by Crippen LogP contribution is -2.47. The standard InChI is InChI=1S/C17H28ClN3/c1-19(2)11-12-20(3)16-8-6-10-21(14-16)13-15-7-4-5-9-17(15)18/h4-5,7,9,16H,6,8,10-14H2,1-3H3. The van der Waals surface area contributed by atoms with Gasteiger partial charge in [0.15, 0.2) is 0 Å². The Hall–Kier alpha value is -0.610. The van der Waals surface area contributed by atoms with Crippen molar-refractivity contribution in [1.82, 2.24) is 14.7 Å². The predicted octanol–water partition coefficient (Wildman–Crippen LogP) is 2.80. The first-order chi connectivity index (χ1) is 10.1. The van der Waals surface area contributed by atoms with Gasteiger partial charge in [-0.2, -0.15) is 0 Å². The zero-order chi connectivity index (χ0) is 15.2. The Labute approximate surface area is 134 Å². The molecule has 0 saturated carbocycles. The quantitative estimate of drug-likeness (QED) is 0.800. The molecule has 1 aliphatic heterocycles. The van der Waals surface area contributed by atoms with E-state index in [0.29, 0.717) is 6.04 Å². The molecule has 0 bridgehead atoms. The highest BCUT2D eigenvalue weighted by Gasteiger charge is 2.23. The third kappa shape index (κ3) is 5.26. The van der Waals surface area contributed by atoms with E-state index < -0.39 is 0 Å². The Balaban J connectivity index is 1.87. The minimum atomic E-state index is 0.668. The molecule has 1 aromatic rings. The van der Waals surface area contributed by atoms with Crippen LogP contribution in [0.25, 0.3) is 0 Å². The number of piperidine rings is 1. The first kappa shape index (κ1) is 16.8. The molecule has 0 spiro atoms. The number of benzene rings is 1. The average Bonchev–Trinajstić information content (AvgIpc) is 2.47. The number of rotatable bonds is 6. The van der Waals surface area contributed by atoms with Gasteiger partial charge in [0.1, 0.15) is 0 Å². The van der Waals surface area contributed by atoms with E-state index in [0.717, 1.165) is 31.2 Å². The molecule has 1 aliphatic rings. The normalized spacial score (nSPS) is 20.4. The summed E-state index contributed by atoms with van der Waals surface area (Å²) in [6.45, 7) is 5.56. The van der Waals surface area contributed by atoms with Gasteiger partial charge in [-0.15, -0.1) is 0 Å². The third-order valence-corrected chi connectivity index (χ3v) is 4.72. The van der Waals surface area contributed by atoms with Gasteiger partial charge in [0.25, 0.3) is 0 Å². The molecule has 0 aliphatic carbocycles. The van der Waals surface area contributed by atoms with Gasteiger partial charge in [0, 0.05) is 37.2 Å². The van der Waals surface area contributed by atoms with Crippen LogP contribution in [0.5, 0.6) is 0 Å². The Morgan fingerprint density at radius 1 is 1.19 bits per heavy atom. The maximum absolute atomic E-state index is 6.28. The predicted molar refractivity (Wildman–Crippen MR) is 90.9 cm³/mol. The molecule has 3 nitrogen and oxygen atoms in total. The molecule has 1 atom stereocenters. The van der Waals surface area contributed by atoms with Crippen LogP contribution in [-0.2, 0) is 6.54 Å². The summed E-state index contributed by atoms with van der Waals surface area (Å²) in [4.78, 5) is 7.31. The van der Waals surface area contributed by atoms with E-state index in [4.69, 9.17) is 11.6 Å². The third-order valence-electron chi connectivity index (χ3n) is 4.36. The molecule has 0 radical (unpaired) electrons. The van der Waals surface area contributed by atoms with E-state index in [1.807, 2.05) is 12.1 Å². The first-order valence-corrected chi connectivity index (χ1v) is 8.25. The zero-order valence-electron chi connectivity index (χ0n) is 13.6. The van der Waals surface area contributed by atoms with Gasteiger partial charge in [0.05, 0.1) is 0 Å². The van der Waals surface area contributed by atoms with Crippen molar-refractivity contribution < 1.29 is 0 Å². The smallest absolute Gasteiger partial charge is 0.0451 e. The van der Waals surface area contributed by atoms with Crippen molar-refractivity contribution in [3.8, 4) is 0 Å². The lowest BCUT2D eigenvalue weighted by atomic mass is 10.0. The number of nitrogens with zero attached hydrogens (tertiary/aromatic N) is 3. The van der Waals surface area contributed by atoms with Crippen molar-refractivity contribution in [3.05, 3.63) is 34.9 Å². The van der Waals surface area contributed by atoms with Gasteiger partial charge in [-0.1, -0.05) is 29.8 Å². The maximum atomic E-state index is 6.28. The second-order valence-corrected chi connectivity index (χ2v) is 6.81. The highest BCUT2D eigenvalue weighted by Crippen LogP contribution is 2.21. The van der Waals surface area contributed by atoms with Crippen molar-refractivity contribution in [2.24, 2.45) is 0 Å². The molecule has 4 heteroatoms. The van der Waals surface area contributed by atoms with Gasteiger partial charge in [-0.3, -0.25) is 4.90 Å². The largest absolute Gasteiger partial charge is 0.308 e. The molecule has 1 saturated heterocycles. The first-order valence-electron chi connectivity index (χ1n) is 7.87. The summed E-state index contributed by atoms with van der Waals surface area (Å²) in [5.41, 5.74) is 1.25. The van der Waals surface area contributed by atoms with E-state index >= 15 is 0 Å². The molecule has 1 heterocycles. The Kier molecular flexibility index (Phi) is 6.49. The van der Waals surface area contributed by atoms with Crippen molar-refractivity contribution in [2.45, 2.75) is 25.4 Å². The Morgan fingerprint density at radius 2 is 1.95 bits per heavy atom. The molecule has 0 aromatic heterocycles. The molecule has 1 unspecified atom stereocenters. The monoisotopic (exact) mass is 309 g/mol. The van der Waals surface area contributed by atoms with Crippen molar-refractivity contribution in [3.63, 3.8) is 0 Å². The summed E-state index contributed by atoms with van der Waals surface area (Å²) in [5, 5.41) is 0.889. The van der Waals surface area contributed by atoms with Crippen LogP contribution in [0.1, 0.15) is 18.4 Å². The van der Waals surface area contributed by atoms with Gasteiger partial charge < -0.3 is 9.80 Å². The molecule has 1 aromatic carbocycles. The zero-order valence-corrected chi connectivity index (χ0v) is 14.3. The second-order valence-electron chi connectivity index (χ2n) is 6.41. The second kappa shape index (κ2) is 8.14. The van der Waals surface area contributed by atoms with Crippen LogP contribution < -0.4 is 0 Å². The fourth-order valence-electron chi connectivity index (χ4n) is 2.94. The minimum Gasteiger partial charge on any atom is -0.308 e. The summed E-state index contributed by atoms with van der Waals surface area (Å²) in [7, 11) is 6.53. The van der Waals surface area contributed by atoms with Crippen molar-refractivity contribution >= 4 is 11.6 Å². The van der Waals surface area contributed by atoms with Crippen molar-refractivity contribution in [1.29, 1.82) is 0 Å². The van der Waals surface area contributed by atoms with Crippen LogP contribution in [0.3, 0.4) is 0 Å². The lowest BCUT2D eigenvalue weighted by Gasteiger charge is -2.38. The highest BCUT2D eigenvalue weighted by atomic mass is 35.5. The number of likely N-dealkylation sites (N-methyl/N-ethyl adjacent to an activating group) is 2. The number of hydrogen-bond donors (Lipinski definition) is 0. The van der Waals surface area contributed by atoms with Crippen molar-refractivity contribution in [2.75, 3.05) is 47.3 Å². The van der Waals surface area contributed by atoms with Crippen LogP contribution in [0.2, 0.25) is 5.02 Å². The molecular formula is C17H28ClN3. The van der Waals surface area contributed by atoms with Gasteiger partial charge >= 0.3 is 0 Å². The minimum absolute atomic E-state index is 0.668. The van der Waals surface area contributed by atoms with Crippen LogP contribution in [0, 0.1) is 0 Å². The number of likely N-dealkylation sites (tertiary alicyclic amines) is 1. The number of hydrogen-bond acceptors (Lipinski definition) is 3. The summed E-state index contributed by atoms with van der Waals surface area (Å²) in [6.07, 6.45) is 2.59. The molecular weight excluding hydrogens is 282 g/mol. The van der Waals surface area contributed by atoms with E-state index in [2.05, 4.69) is 48.0 Å². The van der Waals surface area contributed by atoms with Gasteiger partial charge in [-0.25, -0.2) is 0 Å². The van der Waals surface area contributed by atoms with E-state index in [-0.39, 0.29) is 0 Å². The summed E-state index contributed by atoms with van der Waals surface area (Å²) in [5.74, 6) is 0. The number of halogens is 1. The lowest BCUT2D eigenvalue weighted by molar-refractivity contribution is 0.106. The highest BCUT2D eigenvalue weighted by molar-refractivity contribution is 6.31. The molecule has 0 amide bonds. The Morgan fingerprint density at radius 3 is 2.67 bits per heavy atom. The fraction of sp³-hybridized carbons (Fsp3) is 0.647. The average molecular weight is 310 g/mol. The van der Waals surface area contributed by atoms with Crippen LogP contribution in [0.15, 0.2) is 24.3 Å². The molecule has 2 rings (SSSR count). The fourth-order valence-corrected chi connectivity index (χ4v) is 3.14. The SMILES string of the molecule is CN(C)CCN(C)C1CCCN(Cc2ccccc2Cl)C1. The van der Waals surface area contributed by atoms with Gasteiger partial charge in [-0.05, 0) is 52.2 Å². The van der Waals surface area contributed by atoms with Crippen LogP contribution in [0.4, 0.5) is 0 Å². The van der Waals surface area contributed by atoms with Crippen LogP contribution in [-0.4, -0.2) is 68.1 Å².